The Morgan fingerprint density at radius 2 is 1.04 bits per heavy atom. The zero-order chi connectivity index (χ0) is 32.7. The molecule has 0 spiro atoms. The first-order valence-corrected chi connectivity index (χ1v) is 13.6. The van der Waals surface area contributed by atoms with Gasteiger partial charge in [0.25, 0.3) is 0 Å². The number of aromatic hydroxyl groups is 1. The lowest BCUT2D eigenvalue weighted by molar-refractivity contribution is -0.145. The van der Waals surface area contributed by atoms with Crippen molar-refractivity contribution in [2.45, 2.75) is 6.92 Å². The van der Waals surface area contributed by atoms with Gasteiger partial charge in [-0.05, 0) is 91.3 Å². The van der Waals surface area contributed by atoms with Crippen molar-refractivity contribution in [3.8, 4) is 17.2 Å². The minimum absolute atomic E-state index is 0.157. The van der Waals surface area contributed by atoms with Crippen LogP contribution in [-0.4, -0.2) is 30.6 Å². The summed E-state index contributed by atoms with van der Waals surface area (Å²) in [5.74, 6) is -0.533. The predicted molar refractivity (Wildman–Crippen MR) is 168 cm³/mol. The van der Waals surface area contributed by atoms with Crippen LogP contribution >= 0.6 is 0 Å². The van der Waals surface area contributed by atoms with Crippen LogP contribution in [0.15, 0.2) is 141 Å². The number of carbonyl (C=O) groups excluding carboxylic acids is 2. The molecule has 0 radical (unpaired) electrons. The fraction of sp³-hybridized carbons (Fsp3) is 0.0909. The molecule has 0 amide bonds. The Balaban J connectivity index is 1.29. The molecule has 46 heavy (non-hydrogen) atoms. The second-order valence-electron chi connectivity index (χ2n) is 9.09. The average Bonchev–Trinajstić information content (AvgIpc) is 3.07. The fourth-order valence-electron chi connectivity index (χ4n) is 3.45. The Kier molecular flexibility index (Phi) is 11.5. The van der Waals surface area contributed by atoms with Gasteiger partial charge in [0, 0.05) is 18.2 Å². The quantitative estimate of drug-likeness (QED) is 0.0635. The molecule has 0 unspecified atom stereocenters. The van der Waals surface area contributed by atoms with E-state index < -0.39 is 11.9 Å². The van der Waals surface area contributed by atoms with Crippen LogP contribution in [0.5, 0.6) is 17.2 Å². The Morgan fingerprint density at radius 3 is 1.59 bits per heavy atom. The number of carbonyl (C=O) groups is 2. The highest BCUT2D eigenvalue weighted by Crippen LogP contribution is 2.33. The van der Waals surface area contributed by atoms with Gasteiger partial charge in [0.15, 0.2) is 0 Å². The molecule has 0 saturated carbocycles. The zero-order valence-electron chi connectivity index (χ0n) is 24.6. The molecule has 0 heterocycles. The molecule has 0 saturated heterocycles. The lowest BCUT2D eigenvalue weighted by Crippen LogP contribution is -2.07. The zero-order valence-corrected chi connectivity index (χ0v) is 24.6. The van der Waals surface area contributed by atoms with Gasteiger partial charge in [0.05, 0.1) is 28.4 Å². The third-order valence-electron chi connectivity index (χ3n) is 5.83. The smallest absolute Gasteiger partial charge is 0.333 e. The highest BCUT2D eigenvalue weighted by atomic mass is 16.7. The summed E-state index contributed by atoms with van der Waals surface area (Å²) < 4.78 is 20.1. The minimum Gasteiger partial charge on any atom is -0.505 e. The molecule has 13 nitrogen and oxygen atoms in total. The maximum Gasteiger partial charge on any atom is 0.333 e. The number of phenolic OH excluding ortho intramolecular Hbond substituents is 1. The molecule has 0 aromatic heterocycles. The molecular weight excluding hydrogens is 592 g/mol. The van der Waals surface area contributed by atoms with Crippen LogP contribution in [0.4, 0.5) is 34.1 Å². The molecular formula is C33H28N6O7. The lowest BCUT2D eigenvalue weighted by atomic mass is 10.2. The molecule has 0 aliphatic heterocycles. The summed E-state index contributed by atoms with van der Waals surface area (Å²) in [6, 6.07) is 23.6. The molecule has 4 aromatic rings. The van der Waals surface area contributed by atoms with Crippen molar-refractivity contribution >= 4 is 46.1 Å². The van der Waals surface area contributed by atoms with Gasteiger partial charge in [0.2, 0.25) is 13.6 Å². The number of esters is 2. The van der Waals surface area contributed by atoms with Crippen LogP contribution in [0.25, 0.3) is 0 Å². The van der Waals surface area contributed by atoms with Crippen molar-refractivity contribution in [2.75, 3.05) is 13.6 Å². The number of phenols is 1. The summed E-state index contributed by atoms with van der Waals surface area (Å²) in [5.41, 5.74) is 4.16. The number of hydrogen-bond acceptors (Lipinski definition) is 13. The molecule has 0 aliphatic carbocycles. The molecule has 0 bridgehead atoms. The molecule has 0 fully saturated rings. The largest absolute Gasteiger partial charge is 0.505 e. The Labute approximate surface area is 263 Å². The first kappa shape index (κ1) is 32.4. The molecule has 0 atom stereocenters. The normalized spacial score (nSPS) is 11.1. The number of azo groups is 3. The van der Waals surface area contributed by atoms with Gasteiger partial charge in [-0.15, -0.1) is 5.11 Å². The lowest BCUT2D eigenvalue weighted by Gasteiger charge is -2.07. The number of nitrogens with zero attached hydrogens (tertiary/aromatic N) is 6. The van der Waals surface area contributed by atoms with Crippen molar-refractivity contribution in [3.63, 3.8) is 0 Å². The van der Waals surface area contributed by atoms with Crippen molar-refractivity contribution in [1.82, 2.24) is 0 Å². The van der Waals surface area contributed by atoms with Gasteiger partial charge in [0.1, 0.15) is 22.9 Å². The van der Waals surface area contributed by atoms with E-state index in [2.05, 4.69) is 43.8 Å². The Morgan fingerprint density at radius 1 is 0.609 bits per heavy atom. The Bertz CT molecular complexity index is 1790. The maximum absolute atomic E-state index is 11.1. The van der Waals surface area contributed by atoms with E-state index >= 15 is 0 Å². The van der Waals surface area contributed by atoms with E-state index in [0.29, 0.717) is 39.9 Å². The van der Waals surface area contributed by atoms with Crippen LogP contribution in [0.3, 0.4) is 0 Å². The molecule has 0 aliphatic rings. The molecule has 13 heteroatoms. The molecule has 232 valence electrons. The second kappa shape index (κ2) is 16.4. The van der Waals surface area contributed by atoms with Crippen LogP contribution < -0.4 is 9.47 Å². The summed E-state index contributed by atoms with van der Waals surface area (Å²) in [5, 5.41) is 35.5. The first-order chi connectivity index (χ1) is 22.3. The first-order valence-electron chi connectivity index (χ1n) is 13.6. The number of hydrogen-bond donors (Lipinski definition) is 1. The van der Waals surface area contributed by atoms with E-state index in [1.165, 1.54) is 12.1 Å². The molecule has 4 rings (SSSR count). The number of aryl methyl sites for hydroxylation is 1. The van der Waals surface area contributed by atoms with Gasteiger partial charge in [-0.1, -0.05) is 13.2 Å². The van der Waals surface area contributed by atoms with Crippen LogP contribution in [-0.2, 0) is 19.1 Å². The van der Waals surface area contributed by atoms with Gasteiger partial charge in [-0.25, -0.2) is 9.59 Å². The highest BCUT2D eigenvalue weighted by molar-refractivity contribution is 5.81. The minimum atomic E-state index is -0.619. The van der Waals surface area contributed by atoms with Crippen molar-refractivity contribution in [2.24, 2.45) is 30.7 Å². The van der Waals surface area contributed by atoms with Crippen molar-refractivity contribution in [1.29, 1.82) is 0 Å². The fourth-order valence-corrected chi connectivity index (χ4v) is 3.45. The number of benzene rings is 4. The third-order valence-corrected chi connectivity index (χ3v) is 5.83. The average molecular weight is 621 g/mol. The highest BCUT2D eigenvalue weighted by Gasteiger charge is 2.05. The van der Waals surface area contributed by atoms with Crippen LogP contribution in [0, 0.1) is 6.92 Å². The van der Waals surface area contributed by atoms with E-state index in [9.17, 15) is 14.7 Å². The van der Waals surface area contributed by atoms with E-state index in [-0.39, 0.29) is 25.0 Å². The summed E-state index contributed by atoms with van der Waals surface area (Å²) in [7, 11) is 0. The van der Waals surface area contributed by atoms with E-state index in [4.69, 9.17) is 18.9 Å². The predicted octanol–water partition coefficient (Wildman–Crippen LogP) is 9.08. The van der Waals surface area contributed by atoms with Gasteiger partial charge in [-0.2, -0.15) is 25.6 Å². The van der Waals surface area contributed by atoms with Gasteiger partial charge in [-0.3, -0.25) is 0 Å². The summed E-state index contributed by atoms with van der Waals surface area (Å²) >= 11 is 0. The summed E-state index contributed by atoms with van der Waals surface area (Å²) in [6.45, 7) is 7.97. The third kappa shape index (κ3) is 10.1. The van der Waals surface area contributed by atoms with E-state index in [0.717, 1.165) is 17.7 Å². The van der Waals surface area contributed by atoms with Crippen LogP contribution in [0.2, 0.25) is 0 Å². The standard InChI is InChI=1S/C33H28N6O7/c1-4-32(41)45-20-43-27-13-10-25(11-14-27)34-37-26-12-16-29(22(3)18-26)38-35-23-6-8-24(9-7-23)36-39-30-17-15-28(19-31(30)40)44-21-46-33(42)5-2/h4-19,40H,1-2,20-21H2,3H3. The van der Waals surface area contributed by atoms with E-state index in [1.807, 2.05) is 13.0 Å². The van der Waals surface area contributed by atoms with Gasteiger partial charge < -0.3 is 24.1 Å². The number of ether oxygens (including phenoxy) is 4. The maximum atomic E-state index is 11.1. The van der Waals surface area contributed by atoms with Crippen molar-refractivity contribution in [3.05, 3.63) is 116 Å². The summed E-state index contributed by atoms with van der Waals surface area (Å²) in [4.78, 5) is 22.1. The number of rotatable bonds is 14. The topological polar surface area (TPSA) is 165 Å². The van der Waals surface area contributed by atoms with Crippen molar-refractivity contribution < 1.29 is 33.6 Å². The van der Waals surface area contributed by atoms with Crippen LogP contribution in [0.1, 0.15) is 5.56 Å². The van der Waals surface area contributed by atoms with Gasteiger partial charge >= 0.3 is 11.9 Å². The summed E-state index contributed by atoms with van der Waals surface area (Å²) in [6.07, 6.45) is 2.08. The SMILES string of the molecule is C=CC(=O)OCOc1ccc(N=Nc2ccc(N=Nc3ccc(N=Nc4ccc(OCOC(=O)C=C)cc4O)cc3)c(C)c2)cc1. The van der Waals surface area contributed by atoms with E-state index in [1.54, 1.807) is 66.7 Å². The second-order valence-corrected chi connectivity index (χ2v) is 9.09. The Hall–Kier alpha value is -6.50. The molecule has 4 aromatic carbocycles. The monoisotopic (exact) mass is 620 g/mol. The molecule has 1 N–H and O–H groups in total.